The van der Waals surface area contributed by atoms with E-state index in [1.54, 1.807) is 52.1 Å². The number of amides is 2. The third kappa shape index (κ3) is 7.20. The van der Waals surface area contributed by atoms with E-state index in [9.17, 15) is 9.59 Å². The summed E-state index contributed by atoms with van der Waals surface area (Å²) in [4.78, 5) is 23.1. The van der Waals surface area contributed by atoms with Crippen LogP contribution >= 0.6 is 0 Å². The molecule has 0 fully saturated rings. The predicted octanol–water partition coefficient (Wildman–Crippen LogP) is 2.55. The van der Waals surface area contributed by atoms with Crippen molar-refractivity contribution in [3.8, 4) is 5.75 Å². The summed E-state index contributed by atoms with van der Waals surface area (Å²) in [6, 6.07) is 7.01. The van der Waals surface area contributed by atoms with Crippen LogP contribution in [0.5, 0.6) is 5.75 Å². The molecule has 2 amide bonds. The first kappa shape index (κ1) is 16.8. The van der Waals surface area contributed by atoms with Crippen LogP contribution in [0.25, 0.3) is 0 Å². The molecule has 116 valence electrons. The Morgan fingerprint density at radius 1 is 1.14 bits per heavy atom. The van der Waals surface area contributed by atoms with E-state index in [4.69, 9.17) is 9.47 Å². The third-order valence-corrected chi connectivity index (χ3v) is 2.39. The van der Waals surface area contributed by atoms with Crippen molar-refractivity contribution in [2.75, 3.05) is 19.0 Å². The molecule has 0 radical (unpaired) electrons. The largest absolute Gasteiger partial charge is 0.497 e. The van der Waals surface area contributed by atoms with Gasteiger partial charge in [0, 0.05) is 18.7 Å². The molecule has 1 aromatic carbocycles. The Hall–Kier alpha value is -2.24. The summed E-state index contributed by atoms with van der Waals surface area (Å²) in [5.74, 6) is 0.538. The van der Waals surface area contributed by atoms with Crippen LogP contribution in [-0.4, -0.2) is 31.3 Å². The number of benzene rings is 1. The second-order valence-electron chi connectivity index (χ2n) is 5.46. The van der Waals surface area contributed by atoms with E-state index in [-0.39, 0.29) is 18.9 Å². The van der Waals surface area contributed by atoms with Gasteiger partial charge in [-0.15, -0.1) is 0 Å². The molecule has 0 bridgehead atoms. The molecular formula is C15H22N2O4. The minimum Gasteiger partial charge on any atom is -0.497 e. The zero-order chi connectivity index (χ0) is 15.9. The minimum absolute atomic E-state index is 0.172. The average Bonchev–Trinajstić information content (AvgIpc) is 2.37. The molecule has 6 heteroatoms. The lowest BCUT2D eigenvalue weighted by atomic mass is 10.2. The molecule has 2 N–H and O–H groups in total. The zero-order valence-electron chi connectivity index (χ0n) is 12.9. The summed E-state index contributed by atoms with van der Waals surface area (Å²) in [5, 5.41) is 5.26. The van der Waals surface area contributed by atoms with Crippen LogP contribution in [0.15, 0.2) is 24.3 Å². The van der Waals surface area contributed by atoms with E-state index in [1.807, 2.05) is 0 Å². The van der Waals surface area contributed by atoms with Crippen molar-refractivity contribution in [1.29, 1.82) is 0 Å². The van der Waals surface area contributed by atoms with Gasteiger partial charge in [-0.05, 0) is 45.0 Å². The van der Waals surface area contributed by atoms with Gasteiger partial charge in [-0.1, -0.05) is 0 Å². The number of alkyl carbamates (subject to hydrolysis) is 1. The van der Waals surface area contributed by atoms with Crippen LogP contribution in [0.3, 0.4) is 0 Å². The monoisotopic (exact) mass is 294 g/mol. The fraction of sp³-hybridized carbons (Fsp3) is 0.467. The SMILES string of the molecule is COc1ccc(NC(=O)CCNC(=O)OC(C)(C)C)cc1. The number of anilines is 1. The fourth-order valence-electron chi connectivity index (χ4n) is 1.49. The molecule has 0 heterocycles. The van der Waals surface area contributed by atoms with Crippen LogP contribution in [0.1, 0.15) is 27.2 Å². The van der Waals surface area contributed by atoms with E-state index in [0.717, 1.165) is 5.75 Å². The van der Waals surface area contributed by atoms with Crippen molar-refractivity contribution < 1.29 is 19.1 Å². The van der Waals surface area contributed by atoms with Gasteiger partial charge in [-0.2, -0.15) is 0 Å². The van der Waals surface area contributed by atoms with Crippen molar-refractivity contribution in [2.45, 2.75) is 32.8 Å². The highest BCUT2D eigenvalue weighted by Crippen LogP contribution is 2.15. The van der Waals surface area contributed by atoms with Gasteiger partial charge >= 0.3 is 6.09 Å². The smallest absolute Gasteiger partial charge is 0.407 e. The lowest BCUT2D eigenvalue weighted by molar-refractivity contribution is -0.116. The maximum absolute atomic E-state index is 11.7. The molecule has 0 saturated carbocycles. The normalized spacial score (nSPS) is 10.7. The lowest BCUT2D eigenvalue weighted by Gasteiger charge is -2.19. The first-order chi connectivity index (χ1) is 9.80. The van der Waals surface area contributed by atoms with Crippen LogP contribution in [0.2, 0.25) is 0 Å². The molecule has 0 aliphatic rings. The van der Waals surface area contributed by atoms with E-state index in [2.05, 4.69) is 10.6 Å². The molecule has 0 aliphatic heterocycles. The molecule has 1 rings (SSSR count). The van der Waals surface area contributed by atoms with Gasteiger partial charge in [0.2, 0.25) is 5.91 Å². The summed E-state index contributed by atoms with van der Waals surface area (Å²) >= 11 is 0. The van der Waals surface area contributed by atoms with Crippen LogP contribution in [-0.2, 0) is 9.53 Å². The van der Waals surface area contributed by atoms with Gasteiger partial charge in [0.25, 0.3) is 0 Å². The lowest BCUT2D eigenvalue weighted by Crippen LogP contribution is -2.34. The Bertz CT molecular complexity index is 477. The van der Waals surface area contributed by atoms with Gasteiger partial charge in [0.15, 0.2) is 0 Å². The van der Waals surface area contributed by atoms with Gasteiger partial charge in [-0.25, -0.2) is 4.79 Å². The van der Waals surface area contributed by atoms with Crippen LogP contribution < -0.4 is 15.4 Å². The Kier molecular flexibility index (Phi) is 6.02. The second-order valence-corrected chi connectivity index (χ2v) is 5.46. The van der Waals surface area contributed by atoms with Gasteiger partial charge in [0.05, 0.1) is 7.11 Å². The number of hydrogen-bond acceptors (Lipinski definition) is 4. The maximum atomic E-state index is 11.7. The van der Waals surface area contributed by atoms with Crippen molar-refractivity contribution in [1.82, 2.24) is 5.32 Å². The van der Waals surface area contributed by atoms with Crippen molar-refractivity contribution in [2.24, 2.45) is 0 Å². The zero-order valence-corrected chi connectivity index (χ0v) is 12.9. The highest BCUT2D eigenvalue weighted by atomic mass is 16.6. The first-order valence-electron chi connectivity index (χ1n) is 6.71. The summed E-state index contributed by atoms with van der Waals surface area (Å²) in [6.45, 7) is 5.56. The summed E-state index contributed by atoms with van der Waals surface area (Å²) in [6.07, 6.45) is -0.356. The molecule has 6 nitrogen and oxygen atoms in total. The predicted molar refractivity (Wildman–Crippen MR) is 80.5 cm³/mol. The summed E-state index contributed by atoms with van der Waals surface area (Å²) < 4.78 is 10.1. The molecule has 0 aliphatic carbocycles. The van der Waals surface area contributed by atoms with E-state index in [0.29, 0.717) is 5.69 Å². The van der Waals surface area contributed by atoms with Gasteiger partial charge < -0.3 is 20.1 Å². The first-order valence-corrected chi connectivity index (χ1v) is 6.71. The quantitative estimate of drug-likeness (QED) is 0.875. The van der Waals surface area contributed by atoms with Crippen molar-refractivity contribution in [3.05, 3.63) is 24.3 Å². The number of carbonyl (C=O) groups excluding carboxylic acids is 2. The Morgan fingerprint density at radius 2 is 1.76 bits per heavy atom. The second kappa shape index (κ2) is 7.52. The topological polar surface area (TPSA) is 76.7 Å². The highest BCUT2D eigenvalue weighted by molar-refractivity contribution is 5.91. The molecular weight excluding hydrogens is 272 g/mol. The van der Waals surface area contributed by atoms with E-state index < -0.39 is 11.7 Å². The third-order valence-electron chi connectivity index (χ3n) is 2.39. The number of hydrogen-bond donors (Lipinski definition) is 2. The van der Waals surface area contributed by atoms with Crippen LogP contribution in [0, 0.1) is 0 Å². The number of nitrogens with one attached hydrogen (secondary N) is 2. The summed E-state index contributed by atoms with van der Waals surface area (Å²) in [7, 11) is 1.58. The van der Waals surface area contributed by atoms with Crippen molar-refractivity contribution >= 4 is 17.7 Å². The molecule has 0 aromatic heterocycles. The van der Waals surface area contributed by atoms with Crippen LogP contribution in [0.4, 0.5) is 10.5 Å². The minimum atomic E-state index is -0.546. The molecule has 21 heavy (non-hydrogen) atoms. The Balaban J connectivity index is 2.29. The number of carbonyl (C=O) groups is 2. The number of ether oxygens (including phenoxy) is 2. The Morgan fingerprint density at radius 3 is 2.29 bits per heavy atom. The molecule has 0 atom stereocenters. The average molecular weight is 294 g/mol. The standard InChI is InChI=1S/C15H22N2O4/c1-15(2,3)21-14(19)16-10-9-13(18)17-11-5-7-12(20-4)8-6-11/h5-8H,9-10H2,1-4H3,(H,16,19)(H,17,18). The highest BCUT2D eigenvalue weighted by Gasteiger charge is 2.15. The number of rotatable bonds is 5. The molecule has 1 aromatic rings. The maximum Gasteiger partial charge on any atom is 0.407 e. The molecule has 0 saturated heterocycles. The molecule has 0 unspecified atom stereocenters. The fourth-order valence-corrected chi connectivity index (χ4v) is 1.49. The van der Waals surface area contributed by atoms with Crippen molar-refractivity contribution in [3.63, 3.8) is 0 Å². The van der Waals surface area contributed by atoms with E-state index in [1.165, 1.54) is 0 Å². The molecule has 0 spiro atoms. The van der Waals surface area contributed by atoms with Gasteiger partial charge in [0.1, 0.15) is 11.4 Å². The number of methoxy groups -OCH3 is 1. The summed E-state index contributed by atoms with van der Waals surface area (Å²) in [5.41, 5.74) is 0.133. The van der Waals surface area contributed by atoms with E-state index >= 15 is 0 Å². The Labute approximate surface area is 124 Å². The van der Waals surface area contributed by atoms with Gasteiger partial charge in [-0.3, -0.25) is 4.79 Å².